The quantitative estimate of drug-likeness (QED) is 0.0312. The molecular weight excluding hydrogens is 566 g/mol. The third-order valence-corrected chi connectivity index (χ3v) is 9.08. The molecule has 0 heterocycles. The largest absolute Gasteiger partial charge is 0.394 e. The second kappa shape index (κ2) is 32.9. The van der Waals surface area contributed by atoms with Gasteiger partial charge in [0, 0.05) is 0 Å². The van der Waals surface area contributed by atoms with Crippen LogP contribution in [-0.2, 0) is 4.79 Å². The van der Waals surface area contributed by atoms with E-state index < -0.39 is 43.0 Å². The normalized spacial score (nSPS) is 15.3. The van der Waals surface area contributed by atoms with Crippen molar-refractivity contribution in [3.05, 3.63) is 12.2 Å². The molecule has 0 aliphatic heterocycles. The lowest BCUT2D eigenvalue weighted by atomic mass is 9.98. The van der Waals surface area contributed by atoms with E-state index in [9.17, 15) is 30.3 Å². The fraction of sp³-hybridized carbons (Fsp3) is 0.921. The van der Waals surface area contributed by atoms with Crippen molar-refractivity contribution in [1.29, 1.82) is 0 Å². The molecule has 0 fully saturated rings. The highest BCUT2D eigenvalue weighted by molar-refractivity contribution is 5.81. The summed E-state index contributed by atoms with van der Waals surface area (Å²) in [7, 11) is 0. The summed E-state index contributed by atoms with van der Waals surface area (Å²) in [5, 5.41) is 53.6. The summed E-state index contributed by atoms with van der Waals surface area (Å²) in [5.74, 6) is -0.841. The van der Waals surface area contributed by atoms with Gasteiger partial charge in [0.15, 0.2) is 6.10 Å². The predicted molar refractivity (Wildman–Crippen MR) is 188 cm³/mol. The fourth-order valence-electron chi connectivity index (χ4n) is 5.90. The Morgan fingerprint density at radius 2 is 0.889 bits per heavy atom. The zero-order valence-corrected chi connectivity index (χ0v) is 29.5. The highest BCUT2D eigenvalue weighted by Crippen LogP contribution is 2.16. The molecule has 0 radical (unpaired) electrons. The number of nitrogens with one attached hydrogen (secondary N) is 1. The van der Waals surface area contributed by atoms with Crippen LogP contribution in [0, 0.1) is 0 Å². The molecule has 5 unspecified atom stereocenters. The number of carbonyl (C=O) groups is 1. The van der Waals surface area contributed by atoms with Gasteiger partial charge in [-0.15, -0.1) is 0 Å². The number of hydrogen-bond donors (Lipinski definition) is 6. The van der Waals surface area contributed by atoms with Crippen LogP contribution in [0.2, 0.25) is 0 Å². The molecule has 0 aliphatic rings. The number of amides is 1. The molecule has 0 rings (SSSR count). The average molecular weight is 642 g/mol. The van der Waals surface area contributed by atoms with Gasteiger partial charge in [0.05, 0.1) is 24.9 Å². The Morgan fingerprint density at radius 3 is 1.29 bits per heavy atom. The van der Waals surface area contributed by atoms with Crippen LogP contribution in [0.25, 0.3) is 0 Å². The Hall–Kier alpha value is -0.990. The number of rotatable bonds is 34. The maximum Gasteiger partial charge on any atom is 0.251 e. The molecule has 0 aromatic heterocycles. The van der Waals surface area contributed by atoms with E-state index >= 15 is 0 Å². The minimum Gasteiger partial charge on any atom is -0.394 e. The number of aliphatic hydroxyl groups is 5. The zero-order chi connectivity index (χ0) is 33.4. The van der Waals surface area contributed by atoms with Crippen molar-refractivity contribution in [3.8, 4) is 0 Å². The fourth-order valence-corrected chi connectivity index (χ4v) is 5.90. The molecule has 6 N–H and O–H groups in total. The molecule has 45 heavy (non-hydrogen) atoms. The summed E-state index contributed by atoms with van der Waals surface area (Å²) in [5.41, 5.74) is 0. The molecule has 268 valence electrons. The smallest absolute Gasteiger partial charge is 0.251 e. The van der Waals surface area contributed by atoms with Crippen molar-refractivity contribution in [2.75, 3.05) is 6.61 Å². The van der Waals surface area contributed by atoms with Crippen molar-refractivity contribution in [2.24, 2.45) is 0 Å². The second-order valence-electron chi connectivity index (χ2n) is 13.4. The topological polar surface area (TPSA) is 130 Å². The molecule has 0 bridgehead atoms. The van der Waals surface area contributed by atoms with E-state index in [1.165, 1.54) is 109 Å². The van der Waals surface area contributed by atoms with Crippen LogP contribution in [0.1, 0.15) is 187 Å². The van der Waals surface area contributed by atoms with Crippen LogP contribution in [0.3, 0.4) is 0 Å². The Bertz CT molecular complexity index is 660. The summed E-state index contributed by atoms with van der Waals surface area (Å²) in [6, 6.07) is -1.10. The summed E-state index contributed by atoms with van der Waals surface area (Å²) in [4.78, 5) is 12.5. The first-order valence-electron chi connectivity index (χ1n) is 19.2. The number of unbranched alkanes of at least 4 members (excludes halogenated alkanes) is 22. The zero-order valence-electron chi connectivity index (χ0n) is 29.5. The summed E-state index contributed by atoms with van der Waals surface area (Å²) >= 11 is 0. The Morgan fingerprint density at radius 1 is 0.533 bits per heavy atom. The lowest BCUT2D eigenvalue weighted by Gasteiger charge is -2.28. The molecule has 7 heteroatoms. The molecule has 0 aliphatic carbocycles. The number of allylic oxidation sites excluding steroid dienone is 2. The third-order valence-electron chi connectivity index (χ3n) is 9.08. The van der Waals surface area contributed by atoms with Gasteiger partial charge < -0.3 is 30.8 Å². The number of carbonyl (C=O) groups excluding carboxylic acids is 1. The maximum atomic E-state index is 12.5. The molecule has 5 atom stereocenters. The van der Waals surface area contributed by atoms with E-state index in [0.717, 1.165) is 44.9 Å². The van der Waals surface area contributed by atoms with Gasteiger partial charge in [-0.3, -0.25) is 4.79 Å². The van der Waals surface area contributed by atoms with Gasteiger partial charge in [0.2, 0.25) is 0 Å². The molecule has 0 spiro atoms. The van der Waals surface area contributed by atoms with Gasteiger partial charge in [-0.25, -0.2) is 0 Å². The standard InChI is InChI=1S/C38H75NO6/c1-3-5-7-9-11-13-15-17-18-19-21-23-25-27-29-31-35(42)37(44)38(45)39-33(32-40)36(43)34(41)30-28-26-24-22-20-16-14-12-10-8-6-4-2/h15,17,33-37,40-44H,3-14,16,18-32H2,1-2H3,(H,39,45). The van der Waals surface area contributed by atoms with Crippen LogP contribution >= 0.6 is 0 Å². The Kier molecular flexibility index (Phi) is 32.2. The van der Waals surface area contributed by atoms with Crippen LogP contribution in [0.4, 0.5) is 0 Å². The summed E-state index contributed by atoms with van der Waals surface area (Å²) in [6.45, 7) is 3.91. The molecule has 0 saturated carbocycles. The number of hydrogen-bond acceptors (Lipinski definition) is 6. The van der Waals surface area contributed by atoms with Crippen molar-refractivity contribution < 1.29 is 30.3 Å². The van der Waals surface area contributed by atoms with Gasteiger partial charge in [-0.1, -0.05) is 161 Å². The lowest BCUT2D eigenvalue weighted by molar-refractivity contribution is -0.138. The van der Waals surface area contributed by atoms with E-state index in [0.29, 0.717) is 19.3 Å². The molecule has 7 nitrogen and oxygen atoms in total. The van der Waals surface area contributed by atoms with Crippen molar-refractivity contribution >= 4 is 5.91 Å². The van der Waals surface area contributed by atoms with E-state index in [-0.39, 0.29) is 0 Å². The first-order chi connectivity index (χ1) is 21.9. The van der Waals surface area contributed by atoms with E-state index in [1.807, 2.05) is 0 Å². The van der Waals surface area contributed by atoms with Gasteiger partial charge in [0.1, 0.15) is 6.10 Å². The third kappa shape index (κ3) is 26.7. The Balaban J connectivity index is 3.94. The van der Waals surface area contributed by atoms with Gasteiger partial charge in [0.25, 0.3) is 5.91 Å². The first kappa shape index (κ1) is 44.0. The molecule has 0 saturated heterocycles. The molecule has 0 aromatic rings. The summed E-state index contributed by atoms with van der Waals surface area (Å²) in [6.07, 6.45) is 29.7. The monoisotopic (exact) mass is 642 g/mol. The van der Waals surface area contributed by atoms with E-state index in [2.05, 4.69) is 31.3 Å². The van der Waals surface area contributed by atoms with E-state index in [4.69, 9.17) is 0 Å². The molecular formula is C38H75NO6. The van der Waals surface area contributed by atoms with Crippen LogP contribution in [0.15, 0.2) is 12.2 Å². The van der Waals surface area contributed by atoms with E-state index in [1.54, 1.807) is 0 Å². The minimum atomic E-state index is -1.64. The lowest BCUT2D eigenvalue weighted by Crippen LogP contribution is -2.54. The van der Waals surface area contributed by atoms with Gasteiger partial charge >= 0.3 is 0 Å². The van der Waals surface area contributed by atoms with Crippen LogP contribution in [0.5, 0.6) is 0 Å². The summed E-state index contributed by atoms with van der Waals surface area (Å²) < 4.78 is 0. The van der Waals surface area contributed by atoms with Gasteiger partial charge in [-0.05, 0) is 38.5 Å². The maximum absolute atomic E-state index is 12.5. The Labute approximate surface area is 277 Å². The van der Waals surface area contributed by atoms with Crippen LogP contribution in [-0.4, -0.2) is 68.5 Å². The minimum absolute atomic E-state index is 0.309. The second-order valence-corrected chi connectivity index (χ2v) is 13.4. The first-order valence-corrected chi connectivity index (χ1v) is 19.2. The van der Waals surface area contributed by atoms with Crippen molar-refractivity contribution in [1.82, 2.24) is 5.32 Å². The predicted octanol–water partition coefficient (Wildman–Crippen LogP) is 8.04. The highest BCUT2D eigenvalue weighted by Gasteiger charge is 2.31. The van der Waals surface area contributed by atoms with Crippen molar-refractivity contribution in [3.63, 3.8) is 0 Å². The number of aliphatic hydroxyl groups excluding tert-OH is 5. The van der Waals surface area contributed by atoms with Gasteiger partial charge in [-0.2, -0.15) is 0 Å². The SMILES string of the molecule is CCCCCCCC=CCCCCCCCCC(O)C(O)C(=O)NC(CO)C(O)C(O)CCCCCCCCCCCCCC. The molecule has 0 aromatic carbocycles. The highest BCUT2D eigenvalue weighted by atomic mass is 16.3. The average Bonchev–Trinajstić information content (AvgIpc) is 3.04. The molecule has 1 amide bonds. The van der Waals surface area contributed by atoms with Crippen molar-refractivity contribution in [2.45, 2.75) is 218 Å². The van der Waals surface area contributed by atoms with Crippen LogP contribution < -0.4 is 5.32 Å².